The summed E-state index contributed by atoms with van der Waals surface area (Å²) in [5.41, 5.74) is 0.982. The summed E-state index contributed by atoms with van der Waals surface area (Å²) in [6, 6.07) is 4.07. The predicted molar refractivity (Wildman–Crippen MR) is 105 cm³/mol. The van der Waals surface area contributed by atoms with Crippen LogP contribution in [0, 0.1) is 11.3 Å². The van der Waals surface area contributed by atoms with Gasteiger partial charge in [0.15, 0.2) is 11.5 Å². The van der Waals surface area contributed by atoms with Gasteiger partial charge < -0.3 is 19.1 Å². The molecule has 3 aliphatic heterocycles. The maximum atomic E-state index is 13.3. The summed E-state index contributed by atoms with van der Waals surface area (Å²) in [6.45, 7) is 4.83. The van der Waals surface area contributed by atoms with Crippen LogP contribution >= 0.6 is 0 Å². The Morgan fingerprint density at radius 2 is 2.07 bits per heavy atom. The molecular weight excluding hydrogens is 356 g/mol. The predicted octanol–water partition coefficient (Wildman–Crippen LogP) is 3.04. The molecule has 1 spiro atoms. The number of hydrogen-bond donors (Lipinski definition) is 0. The number of carbonyl (C=O) groups is 1. The van der Waals surface area contributed by atoms with E-state index in [4.69, 9.17) is 14.2 Å². The van der Waals surface area contributed by atoms with Gasteiger partial charge in [0.2, 0.25) is 18.4 Å². The first-order chi connectivity index (χ1) is 13.7. The first-order valence-corrected chi connectivity index (χ1v) is 10.7. The van der Waals surface area contributed by atoms with Crippen LogP contribution in [0.4, 0.5) is 0 Å². The lowest BCUT2D eigenvalue weighted by Crippen LogP contribution is -2.51. The number of ether oxygens (including phenoxy) is 3. The van der Waals surface area contributed by atoms with Crippen LogP contribution in [0.2, 0.25) is 0 Å². The maximum absolute atomic E-state index is 13.3. The number of fused-ring (bicyclic) bond motifs is 1. The molecule has 0 bridgehead atoms. The van der Waals surface area contributed by atoms with Gasteiger partial charge in [0.05, 0.1) is 12.5 Å². The third-order valence-corrected chi connectivity index (χ3v) is 7.08. The van der Waals surface area contributed by atoms with Crippen molar-refractivity contribution in [3.63, 3.8) is 0 Å². The second-order valence-electron chi connectivity index (χ2n) is 8.92. The van der Waals surface area contributed by atoms with Crippen molar-refractivity contribution in [3.8, 4) is 17.2 Å². The molecule has 1 saturated carbocycles. The van der Waals surface area contributed by atoms with Crippen LogP contribution in [0.3, 0.4) is 0 Å². The van der Waals surface area contributed by atoms with Gasteiger partial charge in [0, 0.05) is 26.2 Å². The van der Waals surface area contributed by atoms with Gasteiger partial charge in [-0.25, -0.2) is 0 Å². The van der Waals surface area contributed by atoms with Crippen molar-refractivity contribution in [1.82, 2.24) is 9.80 Å². The van der Waals surface area contributed by atoms with E-state index in [1.807, 2.05) is 12.1 Å². The maximum Gasteiger partial charge on any atom is 0.231 e. The first-order valence-electron chi connectivity index (χ1n) is 10.7. The lowest BCUT2D eigenvalue weighted by Gasteiger charge is -2.42. The lowest BCUT2D eigenvalue weighted by atomic mass is 9.77. The largest absolute Gasteiger partial charge is 0.493 e. The Morgan fingerprint density at radius 3 is 2.86 bits per heavy atom. The van der Waals surface area contributed by atoms with E-state index in [2.05, 4.69) is 9.80 Å². The highest BCUT2D eigenvalue weighted by atomic mass is 16.7. The SMILES string of the molecule is COc1cc(CN2CC[C@]3(CCCN(CC4CCC4)C3=O)C2)cc2c1OCO2. The summed E-state index contributed by atoms with van der Waals surface area (Å²) in [5.74, 6) is 3.33. The second-order valence-corrected chi connectivity index (χ2v) is 8.92. The van der Waals surface area contributed by atoms with Crippen LogP contribution in [0.25, 0.3) is 0 Å². The fourth-order valence-electron chi connectivity index (χ4n) is 5.32. The van der Waals surface area contributed by atoms with E-state index in [1.54, 1.807) is 7.11 Å². The van der Waals surface area contributed by atoms with Crippen molar-refractivity contribution >= 4 is 5.91 Å². The van der Waals surface area contributed by atoms with Crippen LogP contribution in [0.15, 0.2) is 12.1 Å². The van der Waals surface area contributed by atoms with E-state index in [9.17, 15) is 4.79 Å². The van der Waals surface area contributed by atoms with Crippen molar-refractivity contribution in [3.05, 3.63) is 17.7 Å². The summed E-state index contributed by atoms with van der Waals surface area (Å²) in [6.07, 6.45) is 7.10. The number of amides is 1. The number of carbonyl (C=O) groups excluding carboxylic acids is 1. The van der Waals surface area contributed by atoms with Crippen molar-refractivity contribution < 1.29 is 19.0 Å². The summed E-state index contributed by atoms with van der Waals surface area (Å²) in [4.78, 5) is 17.9. The summed E-state index contributed by atoms with van der Waals surface area (Å²) < 4.78 is 16.5. The van der Waals surface area contributed by atoms with Crippen molar-refractivity contribution in [2.24, 2.45) is 11.3 Å². The van der Waals surface area contributed by atoms with Gasteiger partial charge in [0.25, 0.3) is 0 Å². The van der Waals surface area contributed by atoms with Crippen LogP contribution in [0.1, 0.15) is 44.1 Å². The normalized spacial score (nSPS) is 27.5. The fraction of sp³-hybridized carbons (Fsp3) is 0.682. The van der Waals surface area contributed by atoms with Crippen molar-refractivity contribution in [1.29, 1.82) is 0 Å². The Bertz CT molecular complexity index is 763. The molecule has 28 heavy (non-hydrogen) atoms. The Kier molecular flexibility index (Phi) is 4.62. The van der Waals surface area contributed by atoms with E-state index in [1.165, 1.54) is 19.3 Å². The molecule has 1 atom stereocenters. The van der Waals surface area contributed by atoms with E-state index in [0.717, 1.165) is 75.0 Å². The van der Waals surface area contributed by atoms with E-state index in [-0.39, 0.29) is 12.2 Å². The summed E-state index contributed by atoms with van der Waals surface area (Å²) >= 11 is 0. The molecule has 5 rings (SSSR count). The van der Waals surface area contributed by atoms with E-state index in [0.29, 0.717) is 11.7 Å². The lowest BCUT2D eigenvalue weighted by molar-refractivity contribution is -0.146. The molecule has 1 aliphatic carbocycles. The molecule has 3 fully saturated rings. The number of nitrogens with zero attached hydrogens (tertiary/aromatic N) is 2. The van der Waals surface area contributed by atoms with Crippen LogP contribution in [0.5, 0.6) is 17.2 Å². The molecule has 0 unspecified atom stereocenters. The Hall–Kier alpha value is -1.95. The van der Waals surface area contributed by atoms with E-state index >= 15 is 0 Å². The molecule has 152 valence electrons. The molecule has 6 heteroatoms. The highest BCUT2D eigenvalue weighted by Crippen LogP contribution is 2.44. The average Bonchev–Trinajstić information content (AvgIpc) is 3.29. The van der Waals surface area contributed by atoms with Gasteiger partial charge >= 0.3 is 0 Å². The molecule has 0 radical (unpaired) electrons. The van der Waals surface area contributed by atoms with Gasteiger partial charge in [-0.05, 0) is 62.3 Å². The van der Waals surface area contributed by atoms with E-state index < -0.39 is 0 Å². The second kappa shape index (κ2) is 7.14. The van der Waals surface area contributed by atoms with Gasteiger partial charge in [-0.15, -0.1) is 0 Å². The van der Waals surface area contributed by atoms with Gasteiger partial charge in [-0.3, -0.25) is 9.69 Å². The van der Waals surface area contributed by atoms with Crippen molar-refractivity contribution in [2.45, 2.75) is 45.1 Å². The molecule has 1 aromatic carbocycles. The molecule has 3 heterocycles. The quantitative estimate of drug-likeness (QED) is 0.779. The van der Waals surface area contributed by atoms with Crippen LogP contribution < -0.4 is 14.2 Å². The number of methoxy groups -OCH3 is 1. The highest BCUT2D eigenvalue weighted by Gasteiger charge is 2.48. The standard InChI is InChI=1S/C22H30N2O4/c1-26-18-10-17(11-19-20(18)28-15-27-19)12-23-9-7-22(14-23)6-3-8-24(21(22)25)13-16-4-2-5-16/h10-11,16H,2-9,12-15H2,1H3/t22-/m1/s1. The van der Waals surface area contributed by atoms with Crippen LogP contribution in [-0.4, -0.2) is 55.8 Å². The minimum Gasteiger partial charge on any atom is -0.493 e. The first kappa shape index (κ1) is 18.1. The molecule has 2 saturated heterocycles. The molecular formula is C22H30N2O4. The third kappa shape index (κ3) is 3.11. The molecule has 0 aromatic heterocycles. The molecule has 0 N–H and O–H groups in total. The number of likely N-dealkylation sites (tertiary alicyclic amines) is 2. The van der Waals surface area contributed by atoms with Crippen LogP contribution in [-0.2, 0) is 11.3 Å². The zero-order valence-electron chi connectivity index (χ0n) is 16.7. The Labute approximate surface area is 166 Å². The summed E-state index contributed by atoms with van der Waals surface area (Å²) in [7, 11) is 1.66. The monoisotopic (exact) mass is 386 g/mol. The minimum absolute atomic E-state index is 0.164. The van der Waals surface area contributed by atoms with Crippen molar-refractivity contribution in [2.75, 3.05) is 40.1 Å². The number of piperidine rings is 1. The fourth-order valence-corrected chi connectivity index (χ4v) is 5.32. The molecule has 4 aliphatic rings. The smallest absolute Gasteiger partial charge is 0.231 e. The summed E-state index contributed by atoms with van der Waals surface area (Å²) in [5, 5.41) is 0. The van der Waals surface area contributed by atoms with Gasteiger partial charge in [-0.2, -0.15) is 0 Å². The Balaban J connectivity index is 1.27. The highest BCUT2D eigenvalue weighted by molar-refractivity contribution is 5.84. The molecule has 1 amide bonds. The average molecular weight is 386 g/mol. The Morgan fingerprint density at radius 1 is 1.18 bits per heavy atom. The molecule has 1 aromatic rings. The van der Waals surface area contributed by atoms with Gasteiger partial charge in [-0.1, -0.05) is 6.42 Å². The number of hydrogen-bond acceptors (Lipinski definition) is 5. The molecule has 6 nitrogen and oxygen atoms in total. The number of rotatable bonds is 5. The topological polar surface area (TPSA) is 51.2 Å². The zero-order valence-corrected chi connectivity index (χ0v) is 16.7. The van der Waals surface area contributed by atoms with Gasteiger partial charge in [0.1, 0.15) is 0 Å². The third-order valence-electron chi connectivity index (χ3n) is 7.08. The zero-order chi connectivity index (χ0) is 19.1. The minimum atomic E-state index is -0.164. The number of benzene rings is 1.